The van der Waals surface area contributed by atoms with E-state index in [9.17, 15) is 4.79 Å². The highest BCUT2D eigenvalue weighted by Gasteiger charge is 2.06. The van der Waals surface area contributed by atoms with E-state index in [1.807, 2.05) is 60.7 Å². The average molecular weight is 287 g/mol. The first kappa shape index (κ1) is 14.1. The zero-order valence-corrected chi connectivity index (χ0v) is 12.4. The van der Waals surface area contributed by atoms with Crippen molar-refractivity contribution < 1.29 is 4.79 Å². The molecule has 22 heavy (non-hydrogen) atoms. The van der Waals surface area contributed by atoms with Gasteiger partial charge in [0.1, 0.15) is 0 Å². The summed E-state index contributed by atoms with van der Waals surface area (Å²) in [6.45, 7) is 0. The fraction of sp³-hybridized carbons (Fsp3) is 0.0500. The van der Waals surface area contributed by atoms with Crippen LogP contribution in [0.3, 0.4) is 0 Å². The van der Waals surface area contributed by atoms with Crippen LogP contribution in [0.15, 0.2) is 78.9 Å². The molecular formula is C20H17NO. The maximum absolute atomic E-state index is 12.3. The molecule has 0 aromatic heterocycles. The van der Waals surface area contributed by atoms with Gasteiger partial charge in [0, 0.05) is 18.8 Å². The number of hydrogen-bond donors (Lipinski definition) is 0. The van der Waals surface area contributed by atoms with Gasteiger partial charge in [-0.15, -0.1) is 0 Å². The highest BCUT2D eigenvalue weighted by atomic mass is 16.2. The number of amides is 1. The third-order valence-electron chi connectivity index (χ3n) is 3.70. The summed E-state index contributed by atoms with van der Waals surface area (Å²) in [5.74, 6) is -0.0425. The number of nitrogens with zero attached hydrogens (tertiary/aromatic N) is 1. The minimum Gasteiger partial charge on any atom is -0.312 e. The normalized spacial score (nSPS) is 11.0. The van der Waals surface area contributed by atoms with E-state index < -0.39 is 0 Å². The molecule has 2 nitrogen and oxygen atoms in total. The van der Waals surface area contributed by atoms with Crippen LogP contribution in [0.25, 0.3) is 16.8 Å². The van der Waals surface area contributed by atoms with E-state index in [-0.39, 0.29) is 5.91 Å². The maximum atomic E-state index is 12.3. The molecular weight excluding hydrogens is 270 g/mol. The zero-order chi connectivity index (χ0) is 15.4. The summed E-state index contributed by atoms with van der Waals surface area (Å²) in [4.78, 5) is 13.9. The molecule has 0 aliphatic carbocycles. The first-order valence-corrected chi connectivity index (χ1v) is 7.24. The lowest BCUT2D eigenvalue weighted by Crippen LogP contribution is -2.23. The molecule has 0 aliphatic heterocycles. The minimum atomic E-state index is -0.0425. The van der Waals surface area contributed by atoms with Gasteiger partial charge in [0.25, 0.3) is 5.91 Å². The third-order valence-corrected chi connectivity index (χ3v) is 3.70. The SMILES string of the molecule is CN(C(=O)C=Cc1cccc2ccccc12)c1ccccc1. The molecule has 0 saturated carbocycles. The quantitative estimate of drug-likeness (QED) is 0.649. The molecule has 0 fully saturated rings. The summed E-state index contributed by atoms with van der Waals surface area (Å²) in [5.41, 5.74) is 1.93. The minimum absolute atomic E-state index is 0.0425. The van der Waals surface area contributed by atoms with Gasteiger partial charge in [-0.25, -0.2) is 0 Å². The molecule has 3 rings (SSSR count). The molecule has 0 bridgehead atoms. The van der Waals surface area contributed by atoms with Crippen molar-refractivity contribution in [3.05, 3.63) is 84.4 Å². The standard InChI is InChI=1S/C20H17NO/c1-21(18-11-3-2-4-12-18)20(22)15-14-17-10-7-9-16-8-5-6-13-19(16)17/h2-15H,1H3. The van der Waals surface area contributed by atoms with E-state index in [4.69, 9.17) is 0 Å². The Morgan fingerprint density at radius 3 is 2.36 bits per heavy atom. The van der Waals surface area contributed by atoms with Crippen molar-refractivity contribution in [3.8, 4) is 0 Å². The number of carbonyl (C=O) groups excluding carboxylic acids is 1. The van der Waals surface area contributed by atoms with Crippen molar-refractivity contribution >= 4 is 28.4 Å². The van der Waals surface area contributed by atoms with E-state index >= 15 is 0 Å². The number of para-hydroxylation sites is 1. The van der Waals surface area contributed by atoms with Crippen molar-refractivity contribution in [2.75, 3.05) is 11.9 Å². The highest BCUT2D eigenvalue weighted by molar-refractivity contribution is 6.04. The Kier molecular flexibility index (Phi) is 4.01. The summed E-state index contributed by atoms with van der Waals surface area (Å²) < 4.78 is 0. The molecule has 0 spiro atoms. The zero-order valence-electron chi connectivity index (χ0n) is 12.4. The topological polar surface area (TPSA) is 20.3 Å². The molecule has 0 unspecified atom stereocenters. The summed E-state index contributed by atoms with van der Waals surface area (Å²) in [6, 6.07) is 23.9. The first-order valence-electron chi connectivity index (χ1n) is 7.24. The molecule has 0 heterocycles. The summed E-state index contributed by atoms with van der Waals surface area (Å²) in [7, 11) is 1.78. The Labute approximate surface area is 130 Å². The Hall–Kier alpha value is -2.87. The van der Waals surface area contributed by atoms with E-state index in [1.165, 1.54) is 5.39 Å². The van der Waals surface area contributed by atoms with Gasteiger partial charge in [0.05, 0.1) is 0 Å². The Bertz CT molecular complexity index is 816. The molecule has 0 N–H and O–H groups in total. The Balaban J connectivity index is 1.85. The van der Waals surface area contributed by atoms with Gasteiger partial charge in [-0.05, 0) is 34.5 Å². The monoisotopic (exact) mass is 287 g/mol. The number of hydrogen-bond acceptors (Lipinski definition) is 1. The highest BCUT2D eigenvalue weighted by Crippen LogP contribution is 2.20. The first-order chi connectivity index (χ1) is 10.8. The van der Waals surface area contributed by atoms with Crippen LogP contribution in [0.4, 0.5) is 5.69 Å². The molecule has 0 atom stereocenters. The Morgan fingerprint density at radius 2 is 1.55 bits per heavy atom. The van der Waals surface area contributed by atoms with Crippen molar-refractivity contribution in [1.82, 2.24) is 0 Å². The van der Waals surface area contributed by atoms with E-state index in [0.29, 0.717) is 0 Å². The lowest BCUT2D eigenvalue weighted by atomic mass is 10.0. The molecule has 0 aliphatic rings. The molecule has 2 heteroatoms. The number of fused-ring (bicyclic) bond motifs is 1. The lowest BCUT2D eigenvalue weighted by molar-refractivity contribution is -0.113. The van der Waals surface area contributed by atoms with Crippen molar-refractivity contribution in [2.24, 2.45) is 0 Å². The summed E-state index contributed by atoms with van der Waals surface area (Å²) >= 11 is 0. The molecule has 3 aromatic rings. The Morgan fingerprint density at radius 1 is 0.864 bits per heavy atom. The molecule has 1 amide bonds. The summed E-state index contributed by atoms with van der Waals surface area (Å²) in [6.07, 6.45) is 3.50. The van der Waals surface area contributed by atoms with Crippen LogP contribution in [0.5, 0.6) is 0 Å². The predicted octanol–water partition coefficient (Wildman–Crippen LogP) is 4.52. The van der Waals surface area contributed by atoms with Gasteiger partial charge in [0.15, 0.2) is 0 Å². The second kappa shape index (κ2) is 6.27. The summed E-state index contributed by atoms with van der Waals surface area (Å²) in [5, 5.41) is 2.32. The molecule has 0 saturated heterocycles. The van der Waals surface area contributed by atoms with E-state index in [0.717, 1.165) is 16.6 Å². The van der Waals surface area contributed by atoms with Gasteiger partial charge in [-0.3, -0.25) is 4.79 Å². The second-order valence-corrected chi connectivity index (χ2v) is 5.13. The van der Waals surface area contributed by atoms with Crippen molar-refractivity contribution in [1.29, 1.82) is 0 Å². The van der Waals surface area contributed by atoms with Gasteiger partial charge in [-0.1, -0.05) is 60.7 Å². The molecule has 108 valence electrons. The van der Waals surface area contributed by atoms with Gasteiger partial charge >= 0.3 is 0 Å². The largest absolute Gasteiger partial charge is 0.312 e. The second-order valence-electron chi connectivity index (χ2n) is 5.13. The molecule has 0 radical (unpaired) electrons. The van der Waals surface area contributed by atoms with E-state index in [2.05, 4.69) is 18.2 Å². The van der Waals surface area contributed by atoms with Crippen LogP contribution in [-0.4, -0.2) is 13.0 Å². The van der Waals surface area contributed by atoms with Gasteiger partial charge in [-0.2, -0.15) is 0 Å². The number of anilines is 1. The van der Waals surface area contributed by atoms with Crippen LogP contribution in [0.2, 0.25) is 0 Å². The van der Waals surface area contributed by atoms with Crippen LogP contribution in [0, 0.1) is 0 Å². The third kappa shape index (κ3) is 2.91. The van der Waals surface area contributed by atoms with Gasteiger partial charge in [0.2, 0.25) is 0 Å². The smallest absolute Gasteiger partial charge is 0.250 e. The van der Waals surface area contributed by atoms with Crippen LogP contribution < -0.4 is 4.90 Å². The van der Waals surface area contributed by atoms with Crippen molar-refractivity contribution in [3.63, 3.8) is 0 Å². The fourth-order valence-electron chi connectivity index (χ4n) is 2.45. The van der Waals surface area contributed by atoms with Crippen LogP contribution in [0.1, 0.15) is 5.56 Å². The number of likely N-dealkylation sites (N-methyl/N-ethyl adjacent to an activating group) is 1. The van der Waals surface area contributed by atoms with Crippen LogP contribution in [-0.2, 0) is 4.79 Å². The van der Waals surface area contributed by atoms with Crippen LogP contribution >= 0.6 is 0 Å². The number of benzene rings is 3. The average Bonchev–Trinajstić information content (AvgIpc) is 2.59. The lowest BCUT2D eigenvalue weighted by Gasteiger charge is -2.14. The number of carbonyl (C=O) groups is 1. The predicted molar refractivity (Wildman–Crippen MR) is 92.8 cm³/mol. The fourth-order valence-corrected chi connectivity index (χ4v) is 2.45. The van der Waals surface area contributed by atoms with Crippen molar-refractivity contribution in [2.45, 2.75) is 0 Å². The maximum Gasteiger partial charge on any atom is 0.250 e. The van der Waals surface area contributed by atoms with E-state index in [1.54, 1.807) is 18.0 Å². The van der Waals surface area contributed by atoms with Gasteiger partial charge < -0.3 is 4.90 Å². The molecule has 3 aromatic carbocycles. The number of rotatable bonds is 3.